The molecule has 2 rings (SSSR count). The summed E-state index contributed by atoms with van der Waals surface area (Å²) in [6.45, 7) is 3.62. The van der Waals surface area contributed by atoms with E-state index in [9.17, 15) is 4.79 Å². The van der Waals surface area contributed by atoms with E-state index in [1.165, 1.54) is 0 Å². The molecule has 0 aliphatic carbocycles. The summed E-state index contributed by atoms with van der Waals surface area (Å²) in [5.41, 5.74) is 6.62. The van der Waals surface area contributed by atoms with Crippen molar-refractivity contribution in [3.8, 4) is 0 Å². The van der Waals surface area contributed by atoms with Crippen LogP contribution in [0.15, 0.2) is 18.2 Å². The number of hydrogen-bond acceptors (Lipinski definition) is 3. The van der Waals surface area contributed by atoms with Gasteiger partial charge in [-0.3, -0.25) is 4.79 Å². The summed E-state index contributed by atoms with van der Waals surface area (Å²) in [7, 11) is 0. The van der Waals surface area contributed by atoms with Crippen molar-refractivity contribution in [3.63, 3.8) is 0 Å². The van der Waals surface area contributed by atoms with Crippen molar-refractivity contribution in [2.75, 3.05) is 13.1 Å². The van der Waals surface area contributed by atoms with Gasteiger partial charge in [0.25, 0.3) is 0 Å². The van der Waals surface area contributed by atoms with Crippen LogP contribution in [-0.2, 0) is 16.1 Å². The number of rotatable bonds is 4. The highest BCUT2D eigenvalue weighted by Gasteiger charge is 2.24. The molecule has 1 aromatic carbocycles. The second-order valence-electron chi connectivity index (χ2n) is 5.37. The molecule has 0 aromatic heterocycles. The number of hydrogen-bond donors (Lipinski definition) is 1. The normalized spacial score (nSPS) is 17.8. The van der Waals surface area contributed by atoms with Gasteiger partial charge in [0, 0.05) is 13.1 Å². The average molecular weight is 331 g/mol. The summed E-state index contributed by atoms with van der Waals surface area (Å²) >= 11 is 11.9. The van der Waals surface area contributed by atoms with Gasteiger partial charge in [0.05, 0.1) is 28.8 Å². The van der Waals surface area contributed by atoms with E-state index in [0.29, 0.717) is 29.7 Å². The quantitative estimate of drug-likeness (QED) is 0.923. The Balaban J connectivity index is 1.78. The van der Waals surface area contributed by atoms with Crippen molar-refractivity contribution in [2.45, 2.75) is 38.5 Å². The fraction of sp³-hybridized carbons (Fsp3) is 0.533. The van der Waals surface area contributed by atoms with Crippen LogP contribution in [0.4, 0.5) is 0 Å². The number of carbonyl (C=O) groups excluding carboxylic acids is 1. The first-order chi connectivity index (χ1) is 9.97. The number of piperidine rings is 1. The van der Waals surface area contributed by atoms with Crippen molar-refractivity contribution in [1.29, 1.82) is 0 Å². The van der Waals surface area contributed by atoms with Gasteiger partial charge >= 0.3 is 0 Å². The largest absolute Gasteiger partial charge is 0.373 e. The molecule has 6 heteroatoms. The number of nitrogens with zero attached hydrogens (tertiary/aromatic N) is 1. The minimum Gasteiger partial charge on any atom is -0.373 e. The van der Waals surface area contributed by atoms with Crippen LogP contribution < -0.4 is 5.73 Å². The number of amides is 1. The third kappa shape index (κ3) is 4.58. The maximum atomic E-state index is 11.8. The van der Waals surface area contributed by atoms with Gasteiger partial charge in [-0.15, -0.1) is 0 Å². The van der Waals surface area contributed by atoms with Crippen LogP contribution in [0.25, 0.3) is 0 Å². The monoisotopic (exact) mass is 330 g/mol. The zero-order chi connectivity index (χ0) is 15.4. The minimum atomic E-state index is -0.432. The lowest BCUT2D eigenvalue weighted by Crippen LogP contribution is -2.47. The summed E-state index contributed by atoms with van der Waals surface area (Å²) in [5.74, 6) is 0.0120. The summed E-state index contributed by atoms with van der Waals surface area (Å²) in [6, 6.07) is 5.06. The maximum Gasteiger partial charge on any atom is 0.239 e. The summed E-state index contributed by atoms with van der Waals surface area (Å²) < 4.78 is 5.88. The molecule has 1 aliphatic heterocycles. The molecule has 1 fully saturated rings. The summed E-state index contributed by atoms with van der Waals surface area (Å²) in [4.78, 5) is 13.6. The molecule has 0 saturated carbocycles. The smallest absolute Gasteiger partial charge is 0.239 e. The van der Waals surface area contributed by atoms with E-state index >= 15 is 0 Å². The molecule has 1 heterocycles. The van der Waals surface area contributed by atoms with Crippen LogP contribution in [-0.4, -0.2) is 36.0 Å². The molecule has 0 spiro atoms. The minimum absolute atomic E-state index is 0.0120. The number of carbonyl (C=O) groups is 1. The van der Waals surface area contributed by atoms with Crippen molar-refractivity contribution >= 4 is 29.1 Å². The van der Waals surface area contributed by atoms with E-state index in [2.05, 4.69) is 0 Å². The number of benzene rings is 1. The molecular weight excluding hydrogens is 311 g/mol. The van der Waals surface area contributed by atoms with Gasteiger partial charge in [0.15, 0.2) is 0 Å². The van der Waals surface area contributed by atoms with E-state index < -0.39 is 6.04 Å². The zero-order valence-corrected chi connectivity index (χ0v) is 13.5. The van der Waals surface area contributed by atoms with E-state index in [1.54, 1.807) is 13.0 Å². The molecule has 2 N–H and O–H groups in total. The first-order valence-electron chi connectivity index (χ1n) is 7.07. The molecule has 0 unspecified atom stereocenters. The van der Waals surface area contributed by atoms with Crippen molar-refractivity contribution in [2.24, 2.45) is 5.73 Å². The highest BCUT2D eigenvalue weighted by Crippen LogP contribution is 2.24. The van der Waals surface area contributed by atoms with Gasteiger partial charge < -0.3 is 15.4 Å². The molecule has 116 valence electrons. The average Bonchev–Trinajstić information content (AvgIpc) is 2.48. The molecule has 1 atom stereocenters. The number of nitrogens with two attached hydrogens (primary N) is 1. The van der Waals surface area contributed by atoms with Crippen molar-refractivity contribution < 1.29 is 9.53 Å². The first kappa shape index (κ1) is 16.6. The van der Waals surface area contributed by atoms with Gasteiger partial charge in [0.2, 0.25) is 5.91 Å². The Bertz CT molecular complexity index is 500. The van der Waals surface area contributed by atoms with Crippen molar-refractivity contribution in [1.82, 2.24) is 4.90 Å². The highest BCUT2D eigenvalue weighted by molar-refractivity contribution is 6.42. The zero-order valence-electron chi connectivity index (χ0n) is 12.0. The third-order valence-electron chi connectivity index (χ3n) is 3.61. The third-order valence-corrected chi connectivity index (χ3v) is 4.35. The predicted molar refractivity (Wildman–Crippen MR) is 84.5 cm³/mol. The molecule has 1 aliphatic rings. The van der Waals surface area contributed by atoms with Crippen molar-refractivity contribution in [3.05, 3.63) is 33.8 Å². The van der Waals surface area contributed by atoms with Crippen LogP contribution in [0.5, 0.6) is 0 Å². The van der Waals surface area contributed by atoms with Crippen LogP contribution in [0.2, 0.25) is 10.0 Å². The standard InChI is InChI=1S/C15H20Cl2N2O2/c1-10(18)15(20)19-6-4-12(5-7-19)21-9-11-2-3-13(16)14(17)8-11/h2-3,8,10,12H,4-7,9,18H2,1H3/t10-/m1/s1. The van der Waals surface area contributed by atoms with Gasteiger partial charge in [-0.05, 0) is 37.5 Å². The lowest BCUT2D eigenvalue weighted by atomic mass is 10.1. The first-order valence-corrected chi connectivity index (χ1v) is 7.83. The van der Waals surface area contributed by atoms with E-state index in [1.807, 2.05) is 17.0 Å². The van der Waals surface area contributed by atoms with Gasteiger partial charge in [-0.1, -0.05) is 29.3 Å². The maximum absolute atomic E-state index is 11.8. The Labute approximate surface area is 135 Å². The lowest BCUT2D eigenvalue weighted by molar-refractivity contribution is -0.135. The molecule has 1 amide bonds. The highest BCUT2D eigenvalue weighted by atomic mass is 35.5. The molecule has 0 radical (unpaired) electrons. The number of likely N-dealkylation sites (tertiary alicyclic amines) is 1. The Kier molecular flexibility index (Phi) is 5.88. The fourth-order valence-corrected chi connectivity index (χ4v) is 2.70. The SMILES string of the molecule is C[C@@H](N)C(=O)N1CCC(OCc2ccc(Cl)c(Cl)c2)CC1. The molecule has 1 aromatic rings. The topological polar surface area (TPSA) is 55.6 Å². The Morgan fingerprint density at radius 3 is 2.62 bits per heavy atom. The Hall–Kier alpha value is -0.810. The summed E-state index contributed by atoms with van der Waals surface area (Å²) in [6.07, 6.45) is 1.83. The summed E-state index contributed by atoms with van der Waals surface area (Å²) in [5, 5.41) is 1.08. The van der Waals surface area contributed by atoms with Crippen LogP contribution >= 0.6 is 23.2 Å². The van der Waals surface area contributed by atoms with E-state index in [-0.39, 0.29) is 12.0 Å². The lowest BCUT2D eigenvalue weighted by Gasteiger charge is -2.32. The van der Waals surface area contributed by atoms with Crippen LogP contribution in [0.3, 0.4) is 0 Å². The number of halogens is 2. The number of ether oxygens (including phenoxy) is 1. The second kappa shape index (κ2) is 7.45. The molecule has 0 bridgehead atoms. The van der Waals surface area contributed by atoms with Crippen LogP contribution in [0, 0.1) is 0 Å². The Morgan fingerprint density at radius 1 is 1.38 bits per heavy atom. The molecular formula is C15H20Cl2N2O2. The van der Waals surface area contributed by atoms with Gasteiger partial charge in [-0.25, -0.2) is 0 Å². The van der Waals surface area contributed by atoms with Crippen LogP contribution in [0.1, 0.15) is 25.3 Å². The second-order valence-corrected chi connectivity index (χ2v) is 6.19. The molecule has 4 nitrogen and oxygen atoms in total. The van der Waals surface area contributed by atoms with Gasteiger partial charge in [0.1, 0.15) is 0 Å². The molecule has 21 heavy (non-hydrogen) atoms. The predicted octanol–water partition coefficient (Wildman–Crippen LogP) is 2.85. The fourth-order valence-electron chi connectivity index (χ4n) is 2.37. The molecule has 1 saturated heterocycles. The Morgan fingerprint density at radius 2 is 2.05 bits per heavy atom. The van der Waals surface area contributed by atoms with E-state index in [0.717, 1.165) is 18.4 Å². The van der Waals surface area contributed by atoms with E-state index in [4.69, 9.17) is 33.7 Å². The van der Waals surface area contributed by atoms with Gasteiger partial charge in [-0.2, -0.15) is 0 Å².